The van der Waals surface area contributed by atoms with E-state index in [0.29, 0.717) is 13.2 Å². The van der Waals surface area contributed by atoms with E-state index >= 15 is 0 Å². The first kappa shape index (κ1) is 14.8. The quantitative estimate of drug-likeness (QED) is 0.887. The van der Waals surface area contributed by atoms with E-state index < -0.39 is 0 Å². The van der Waals surface area contributed by atoms with Crippen LogP contribution in [-0.2, 0) is 12.1 Å². The van der Waals surface area contributed by atoms with Gasteiger partial charge in [0.25, 0.3) is 0 Å². The lowest BCUT2D eigenvalue weighted by Gasteiger charge is -2.14. The zero-order chi connectivity index (χ0) is 14.6. The van der Waals surface area contributed by atoms with Gasteiger partial charge in [0.2, 0.25) is 0 Å². The third-order valence-corrected chi connectivity index (χ3v) is 4.00. The Hall–Kier alpha value is -1.59. The predicted molar refractivity (Wildman–Crippen MR) is 81.3 cm³/mol. The molecular formula is C15H20N2O2S. The average molecular weight is 292 g/mol. The Kier molecular flexibility index (Phi) is 4.62. The van der Waals surface area contributed by atoms with Crippen LogP contribution in [0, 0.1) is 0 Å². The molecule has 1 heterocycles. The van der Waals surface area contributed by atoms with Gasteiger partial charge in [-0.15, -0.1) is 11.3 Å². The van der Waals surface area contributed by atoms with Gasteiger partial charge in [0.15, 0.2) is 11.5 Å². The summed E-state index contributed by atoms with van der Waals surface area (Å²) in [5.41, 5.74) is 5.69. The number of nitrogens with zero attached hydrogens (tertiary/aromatic N) is 1. The van der Waals surface area contributed by atoms with Crippen molar-refractivity contribution in [2.45, 2.75) is 32.9 Å². The van der Waals surface area contributed by atoms with Gasteiger partial charge < -0.3 is 15.2 Å². The Balaban J connectivity index is 2.04. The third kappa shape index (κ3) is 3.71. The second kappa shape index (κ2) is 6.24. The molecule has 0 aliphatic carbocycles. The number of rotatable bonds is 6. The fraction of sp³-hybridized carbons (Fsp3) is 0.400. The van der Waals surface area contributed by atoms with Crippen LogP contribution < -0.4 is 15.2 Å². The van der Waals surface area contributed by atoms with Crippen molar-refractivity contribution >= 4 is 11.3 Å². The highest BCUT2D eigenvalue weighted by molar-refractivity contribution is 7.11. The highest BCUT2D eigenvalue weighted by Crippen LogP contribution is 2.29. The minimum absolute atomic E-state index is 0.362. The SMILES string of the molecule is CCOc1ccccc1OCc1ncc(C(C)(C)N)s1. The van der Waals surface area contributed by atoms with E-state index in [2.05, 4.69) is 4.98 Å². The van der Waals surface area contributed by atoms with Crippen LogP contribution in [0.5, 0.6) is 11.5 Å². The zero-order valence-electron chi connectivity index (χ0n) is 12.1. The van der Waals surface area contributed by atoms with E-state index in [9.17, 15) is 0 Å². The van der Waals surface area contributed by atoms with Gasteiger partial charge in [-0.2, -0.15) is 0 Å². The van der Waals surface area contributed by atoms with Gasteiger partial charge in [0.1, 0.15) is 11.6 Å². The van der Waals surface area contributed by atoms with E-state index in [0.717, 1.165) is 21.4 Å². The average Bonchev–Trinajstić information content (AvgIpc) is 2.87. The zero-order valence-corrected chi connectivity index (χ0v) is 12.9. The molecule has 4 nitrogen and oxygen atoms in total. The van der Waals surface area contributed by atoms with Crippen molar-refractivity contribution in [3.8, 4) is 11.5 Å². The third-order valence-electron chi connectivity index (χ3n) is 2.69. The number of ether oxygens (including phenoxy) is 2. The summed E-state index contributed by atoms with van der Waals surface area (Å²) in [6.07, 6.45) is 1.82. The van der Waals surface area contributed by atoms with Crippen molar-refractivity contribution in [3.05, 3.63) is 40.3 Å². The highest BCUT2D eigenvalue weighted by atomic mass is 32.1. The number of aromatic nitrogens is 1. The largest absolute Gasteiger partial charge is 0.490 e. The van der Waals surface area contributed by atoms with Gasteiger partial charge >= 0.3 is 0 Å². The minimum atomic E-state index is -0.362. The highest BCUT2D eigenvalue weighted by Gasteiger charge is 2.17. The van der Waals surface area contributed by atoms with Crippen LogP contribution in [0.4, 0.5) is 0 Å². The molecule has 0 spiro atoms. The first-order valence-corrected chi connectivity index (χ1v) is 7.41. The van der Waals surface area contributed by atoms with Crippen LogP contribution >= 0.6 is 11.3 Å². The molecule has 0 aliphatic heterocycles. The second-order valence-electron chi connectivity index (χ2n) is 5.01. The molecule has 0 radical (unpaired) electrons. The van der Waals surface area contributed by atoms with Crippen LogP contribution in [0.3, 0.4) is 0 Å². The molecule has 2 aromatic rings. The number of hydrogen-bond acceptors (Lipinski definition) is 5. The number of benzene rings is 1. The van der Waals surface area contributed by atoms with Crippen LogP contribution in [0.2, 0.25) is 0 Å². The molecule has 5 heteroatoms. The molecule has 0 bridgehead atoms. The molecule has 0 amide bonds. The summed E-state index contributed by atoms with van der Waals surface area (Å²) in [5, 5.41) is 0.907. The Morgan fingerprint density at radius 1 is 1.20 bits per heavy atom. The van der Waals surface area contributed by atoms with Gasteiger partial charge in [0.05, 0.1) is 6.61 Å². The van der Waals surface area contributed by atoms with E-state index in [1.54, 1.807) is 11.3 Å². The molecule has 0 atom stereocenters. The Morgan fingerprint density at radius 3 is 2.40 bits per heavy atom. The summed E-state index contributed by atoms with van der Waals surface area (Å²) in [7, 11) is 0. The first-order chi connectivity index (χ1) is 9.50. The van der Waals surface area contributed by atoms with Gasteiger partial charge in [-0.1, -0.05) is 12.1 Å². The number of nitrogens with two attached hydrogens (primary N) is 1. The normalized spacial score (nSPS) is 11.4. The second-order valence-corrected chi connectivity index (χ2v) is 6.12. The lowest BCUT2D eigenvalue weighted by molar-refractivity contribution is 0.269. The standard InChI is InChI=1S/C15H20N2O2S/c1-4-18-11-7-5-6-8-12(11)19-10-14-17-9-13(20-14)15(2,3)16/h5-9H,4,10,16H2,1-3H3. The van der Waals surface area contributed by atoms with Crippen LogP contribution in [0.25, 0.3) is 0 Å². The predicted octanol–water partition coefficient (Wildman–Crippen LogP) is 3.31. The van der Waals surface area contributed by atoms with Gasteiger partial charge in [0, 0.05) is 16.6 Å². The maximum Gasteiger partial charge on any atom is 0.161 e. The lowest BCUT2D eigenvalue weighted by atomic mass is 10.1. The monoisotopic (exact) mass is 292 g/mol. The molecule has 0 fully saturated rings. The van der Waals surface area contributed by atoms with Crippen molar-refractivity contribution in [1.82, 2.24) is 4.98 Å². The van der Waals surface area contributed by atoms with Gasteiger partial charge in [-0.25, -0.2) is 4.98 Å². The maximum absolute atomic E-state index is 6.05. The van der Waals surface area contributed by atoms with Crippen LogP contribution in [-0.4, -0.2) is 11.6 Å². The molecule has 1 aromatic heterocycles. The van der Waals surface area contributed by atoms with Crippen molar-refractivity contribution in [3.63, 3.8) is 0 Å². The maximum atomic E-state index is 6.05. The van der Waals surface area contributed by atoms with E-state index in [1.807, 2.05) is 51.2 Å². The topological polar surface area (TPSA) is 57.4 Å². The number of hydrogen-bond donors (Lipinski definition) is 1. The number of thiazole rings is 1. The molecule has 0 saturated heterocycles. The lowest BCUT2D eigenvalue weighted by Crippen LogP contribution is -2.27. The van der Waals surface area contributed by atoms with E-state index in [1.165, 1.54) is 0 Å². The summed E-state index contributed by atoms with van der Waals surface area (Å²) in [6, 6.07) is 7.64. The van der Waals surface area contributed by atoms with E-state index in [4.69, 9.17) is 15.2 Å². The van der Waals surface area contributed by atoms with Crippen molar-refractivity contribution in [1.29, 1.82) is 0 Å². The first-order valence-electron chi connectivity index (χ1n) is 6.59. The summed E-state index contributed by atoms with van der Waals surface area (Å²) >= 11 is 1.58. The van der Waals surface area contributed by atoms with Gasteiger partial charge in [-0.05, 0) is 32.9 Å². The van der Waals surface area contributed by atoms with Crippen LogP contribution in [0.1, 0.15) is 30.7 Å². The molecule has 0 unspecified atom stereocenters. The fourth-order valence-electron chi connectivity index (χ4n) is 1.66. The summed E-state index contributed by atoms with van der Waals surface area (Å²) in [5.74, 6) is 1.49. The number of para-hydroxylation sites is 2. The smallest absolute Gasteiger partial charge is 0.161 e. The van der Waals surface area contributed by atoms with Crippen molar-refractivity contribution < 1.29 is 9.47 Å². The summed E-state index contributed by atoms with van der Waals surface area (Å²) < 4.78 is 11.3. The molecule has 1 aromatic carbocycles. The Labute approximate surface area is 123 Å². The van der Waals surface area contributed by atoms with Crippen molar-refractivity contribution in [2.75, 3.05) is 6.61 Å². The molecular weight excluding hydrogens is 272 g/mol. The van der Waals surface area contributed by atoms with Crippen LogP contribution in [0.15, 0.2) is 30.5 Å². The molecule has 2 N–H and O–H groups in total. The molecule has 20 heavy (non-hydrogen) atoms. The molecule has 108 valence electrons. The summed E-state index contributed by atoms with van der Waals surface area (Å²) in [4.78, 5) is 5.40. The van der Waals surface area contributed by atoms with Gasteiger partial charge in [-0.3, -0.25) is 0 Å². The van der Waals surface area contributed by atoms with E-state index in [-0.39, 0.29) is 5.54 Å². The van der Waals surface area contributed by atoms with Crippen molar-refractivity contribution in [2.24, 2.45) is 5.73 Å². The fourth-order valence-corrected chi connectivity index (χ4v) is 2.50. The molecule has 0 aliphatic rings. The molecule has 0 saturated carbocycles. The minimum Gasteiger partial charge on any atom is -0.490 e. The Morgan fingerprint density at radius 2 is 1.85 bits per heavy atom. The summed E-state index contributed by atoms with van der Waals surface area (Å²) in [6.45, 7) is 6.92. The molecule has 2 rings (SSSR count). The Bertz CT molecular complexity index is 561.